The fourth-order valence-corrected chi connectivity index (χ4v) is 3.65. The van der Waals surface area contributed by atoms with Crippen LogP contribution in [0, 0.1) is 18.8 Å². The molecule has 4 rings (SSSR count). The van der Waals surface area contributed by atoms with Gasteiger partial charge in [0.15, 0.2) is 0 Å². The van der Waals surface area contributed by atoms with Gasteiger partial charge < -0.3 is 10.6 Å². The number of halogens is 3. The second-order valence-corrected chi connectivity index (χ2v) is 6.82. The first-order valence-electron chi connectivity index (χ1n) is 8.30. The van der Waals surface area contributed by atoms with E-state index in [-0.39, 0.29) is 11.8 Å². The lowest BCUT2D eigenvalue weighted by Gasteiger charge is -2.13. The minimum Gasteiger partial charge on any atom is -0.372 e. The molecule has 6 nitrogen and oxygen atoms in total. The van der Waals surface area contributed by atoms with Gasteiger partial charge in [0.2, 0.25) is 5.95 Å². The second kappa shape index (κ2) is 5.60. The zero-order valence-electron chi connectivity index (χ0n) is 13.9. The van der Waals surface area contributed by atoms with E-state index in [2.05, 4.69) is 25.7 Å². The fourth-order valence-electron chi connectivity index (χ4n) is 3.65. The van der Waals surface area contributed by atoms with Crippen LogP contribution in [-0.4, -0.2) is 26.8 Å². The molecule has 0 radical (unpaired) electrons. The van der Waals surface area contributed by atoms with Crippen LogP contribution in [0.1, 0.15) is 36.6 Å². The third-order valence-corrected chi connectivity index (χ3v) is 5.09. The van der Waals surface area contributed by atoms with Crippen LogP contribution in [0.25, 0.3) is 0 Å². The zero-order valence-corrected chi connectivity index (χ0v) is 13.9. The van der Waals surface area contributed by atoms with Crippen molar-refractivity contribution in [2.45, 2.75) is 38.4 Å². The molecule has 0 spiro atoms. The molecule has 2 aromatic rings. The quantitative estimate of drug-likeness (QED) is 0.877. The van der Waals surface area contributed by atoms with Gasteiger partial charge in [-0.15, -0.1) is 0 Å². The van der Waals surface area contributed by atoms with Crippen molar-refractivity contribution in [1.29, 1.82) is 0 Å². The lowest BCUT2D eigenvalue weighted by molar-refractivity contribution is -0.137. The predicted octanol–water partition coefficient (Wildman–Crippen LogP) is 3.76. The van der Waals surface area contributed by atoms with E-state index < -0.39 is 11.7 Å². The molecule has 9 heteroatoms. The summed E-state index contributed by atoms with van der Waals surface area (Å²) in [5.74, 6) is 1.55. The average molecular weight is 352 g/mol. The van der Waals surface area contributed by atoms with Gasteiger partial charge in [-0.2, -0.15) is 23.3 Å². The molecular weight excluding hydrogens is 333 g/mol. The van der Waals surface area contributed by atoms with Crippen LogP contribution in [0.5, 0.6) is 0 Å². The van der Waals surface area contributed by atoms with Crippen molar-refractivity contribution in [3.8, 4) is 0 Å². The molecule has 0 unspecified atom stereocenters. The van der Waals surface area contributed by atoms with Gasteiger partial charge in [0.25, 0.3) is 0 Å². The van der Waals surface area contributed by atoms with E-state index in [1.54, 1.807) is 0 Å². The molecule has 134 valence electrons. The lowest BCUT2D eigenvalue weighted by atomic mass is 10.2. The van der Waals surface area contributed by atoms with E-state index in [4.69, 9.17) is 0 Å². The summed E-state index contributed by atoms with van der Waals surface area (Å²) in [7, 11) is 1.40. The number of rotatable bonds is 4. The molecular formula is C16H19F3N6. The highest BCUT2D eigenvalue weighted by Crippen LogP contribution is 2.55. The molecule has 2 fully saturated rings. The lowest BCUT2D eigenvalue weighted by Crippen LogP contribution is -2.12. The number of anilines is 3. The second-order valence-electron chi connectivity index (χ2n) is 6.82. The minimum atomic E-state index is -4.50. The van der Waals surface area contributed by atoms with Crippen molar-refractivity contribution < 1.29 is 13.2 Å². The maximum Gasteiger partial charge on any atom is 0.421 e. The van der Waals surface area contributed by atoms with Crippen LogP contribution >= 0.6 is 0 Å². The van der Waals surface area contributed by atoms with E-state index in [1.807, 2.05) is 17.8 Å². The molecule has 2 heterocycles. The molecule has 3 atom stereocenters. The Kier molecular flexibility index (Phi) is 3.62. The average Bonchev–Trinajstić information content (AvgIpc) is 2.99. The molecule has 2 saturated carbocycles. The Morgan fingerprint density at radius 2 is 1.92 bits per heavy atom. The molecule has 2 N–H and O–H groups in total. The zero-order chi connectivity index (χ0) is 17.8. The molecule has 0 aliphatic heterocycles. The first-order valence-corrected chi connectivity index (χ1v) is 8.30. The molecule has 25 heavy (non-hydrogen) atoms. The van der Waals surface area contributed by atoms with Crippen LogP contribution < -0.4 is 10.6 Å². The molecule has 0 bridgehead atoms. The maximum atomic E-state index is 12.9. The topological polar surface area (TPSA) is 67.7 Å². The highest BCUT2D eigenvalue weighted by molar-refractivity contribution is 5.57. The van der Waals surface area contributed by atoms with Crippen LogP contribution in [0.4, 0.5) is 30.6 Å². The van der Waals surface area contributed by atoms with Crippen molar-refractivity contribution >= 4 is 17.5 Å². The first kappa shape index (κ1) is 16.2. The third-order valence-electron chi connectivity index (χ3n) is 5.09. The van der Waals surface area contributed by atoms with Crippen LogP contribution in [0.3, 0.4) is 0 Å². The van der Waals surface area contributed by atoms with E-state index in [0.29, 0.717) is 11.7 Å². The van der Waals surface area contributed by atoms with Gasteiger partial charge in [0, 0.05) is 19.4 Å². The third kappa shape index (κ3) is 3.03. The smallest absolute Gasteiger partial charge is 0.372 e. The number of aryl methyl sites for hydroxylation is 1. The van der Waals surface area contributed by atoms with Gasteiger partial charge in [-0.25, -0.2) is 4.98 Å². The molecule has 2 aliphatic rings. The summed E-state index contributed by atoms with van der Waals surface area (Å²) in [5.41, 5.74) is 0.593. The first-order chi connectivity index (χ1) is 11.8. The van der Waals surface area contributed by atoms with E-state index >= 15 is 0 Å². The van der Waals surface area contributed by atoms with E-state index in [9.17, 15) is 13.2 Å². The van der Waals surface area contributed by atoms with E-state index in [1.165, 1.54) is 13.5 Å². The highest BCUT2D eigenvalue weighted by Gasteiger charge is 2.46. The molecule has 0 amide bonds. The Labute approximate surface area is 142 Å². The van der Waals surface area contributed by atoms with Gasteiger partial charge in [0.1, 0.15) is 11.4 Å². The number of aromatic nitrogens is 4. The van der Waals surface area contributed by atoms with Crippen LogP contribution in [0.2, 0.25) is 0 Å². The summed E-state index contributed by atoms with van der Waals surface area (Å²) in [5, 5.41) is 10.00. The minimum absolute atomic E-state index is 0.106. The van der Waals surface area contributed by atoms with Crippen molar-refractivity contribution in [3.05, 3.63) is 23.7 Å². The van der Waals surface area contributed by atoms with Crippen LogP contribution in [-0.2, 0) is 6.18 Å². The number of hydrogen-bond donors (Lipinski definition) is 2. The van der Waals surface area contributed by atoms with Gasteiger partial charge in [-0.3, -0.25) is 4.68 Å². The summed E-state index contributed by atoms with van der Waals surface area (Å²) in [6.45, 7) is 1.86. The molecule has 2 aromatic heterocycles. The van der Waals surface area contributed by atoms with Crippen molar-refractivity contribution in [1.82, 2.24) is 19.7 Å². The van der Waals surface area contributed by atoms with Crippen molar-refractivity contribution in [2.75, 3.05) is 17.7 Å². The summed E-state index contributed by atoms with van der Waals surface area (Å²) in [6.07, 6.45) is 1.84. The SMILES string of the molecule is CNc1nc(Nc2cn([C@@H]3C[C@H]4C[C@H]4C3)nc2C)ncc1C(F)(F)F. The van der Waals surface area contributed by atoms with Gasteiger partial charge in [-0.1, -0.05) is 0 Å². The summed E-state index contributed by atoms with van der Waals surface area (Å²) in [4.78, 5) is 7.73. The largest absolute Gasteiger partial charge is 0.421 e. The number of fused-ring (bicyclic) bond motifs is 1. The van der Waals surface area contributed by atoms with Crippen LogP contribution in [0.15, 0.2) is 12.4 Å². The molecule has 2 aliphatic carbocycles. The highest BCUT2D eigenvalue weighted by atomic mass is 19.4. The monoisotopic (exact) mass is 352 g/mol. The Bertz CT molecular complexity index is 790. The Balaban J connectivity index is 1.55. The Hall–Kier alpha value is -2.32. The molecule has 0 aromatic carbocycles. The number of hydrogen-bond acceptors (Lipinski definition) is 5. The van der Waals surface area contributed by atoms with Crippen molar-refractivity contribution in [2.24, 2.45) is 11.8 Å². The molecule has 0 saturated heterocycles. The van der Waals surface area contributed by atoms with Gasteiger partial charge >= 0.3 is 6.18 Å². The summed E-state index contributed by atoms with van der Waals surface area (Å²) >= 11 is 0. The standard InChI is InChI=1S/C16H19F3N6/c1-8-13(7-25(24-8)11-4-9-3-10(9)5-11)22-15-21-6-12(16(17,18)19)14(20-2)23-15/h6-7,9-11H,3-5H2,1-2H3,(H2,20,21,22,23)/t9-,10+,11-. The normalized spacial score (nSPS) is 24.9. The summed E-state index contributed by atoms with van der Waals surface area (Å²) in [6, 6.07) is 0.416. The predicted molar refractivity (Wildman–Crippen MR) is 86.7 cm³/mol. The maximum absolute atomic E-state index is 12.9. The number of nitrogens with zero attached hydrogens (tertiary/aromatic N) is 4. The number of nitrogens with one attached hydrogen (secondary N) is 2. The Morgan fingerprint density at radius 1 is 1.20 bits per heavy atom. The van der Waals surface area contributed by atoms with Crippen molar-refractivity contribution in [3.63, 3.8) is 0 Å². The fraction of sp³-hybridized carbons (Fsp3) is 0.562. The Morgan fingerprint density at radius 3 is 2.56 bits per heavy atom. The van der Waals surface area contributed by atoms with Gasteiger partial charge in [0.05, 0.1) is 17.4 Å². The number of alkyl halides is 3. The van der Waals surface area contributed by atoms with E-state index in [0.717, 1.165) is 36.6 Å². The van der Waals surface area contributed by atoms with Gasteiger partial charge in [-0.05, 0) is 38.0 Å². The summed E-state index contributed by atoms with van der Waals surface area (Å²) < 4.78 is 40.7.